The minimum Gasteiger partial charge on any atom is -0.491 e. The van der Waals surface area contributed by atoms with Crippen LogP contribution in [0.2, 0.25) is 0 Å². The molecule has 0 atom stereocenters. The second-order valence-electron chi connectivity index (χ2n) is 6.04. The highest BCUT2D eigenvalue weighted by Gasteiger charge is 2.13. The molecule has 0 radical (unpaired) electrons. The highest BCUT2D eigenvalue weighted by Crippen LogP contribution is 2.28. The van der Waals surface area contributed by atoms with Gasteiger partial charge in [0.1, 0.15) is 23.2 Å². The maximum absolute atomic E-state index is 13.5. The molecule has 0 spiro atoms. The van der Waals surface area contributed by atoms with Crippen molar-refractivity contribution in [3.8, 4) is 11.8 Å². The fourth-order valence-electron chi connectivity index (χ4n) is 1.61. The lowest BCUT2D eigenvalue weighted by Crippen LogP contribution is -2.17. The van der Waals surface area contributed by atoms with Crippen LogP contribution in [0.5, 0.6) is 5.75 Å². The van der Waals surface area contributed by atoms with Gasteiger partial charge in [0.2, 0.25) is 5.82 Å². The average Bonchev–Trinajstić information content (AvgIpc) is 3.00. The highest BCUT2D eigenvalue weighted by atomic mass is 19.1. The summed E-state index contributed by atoms with van der Waals surface area (Å²) in [4.78, 5) is 0. The van der Waals surface area contributed by atoms with E-state index in [1.54, 1.807) is 0 Å². The number of aromatic amines is 1. The molecule has 1 aromatic heterocycles. The normalized spacial score (nSPS) is 11.9. The summed E-state index contributed by atoms with van der Waals surface area (Å²) in [5, 5.41) is 25.1. The lowest BCUT2D eigenvalue weighted by molar-refractivity contribution is 0.198. The molecule has 0 fully saturated rings. The van der Waals surface area contributed by atoms with Gasteiger partial charge in [-0.1, -0.05) is 20.8 Å². The first-order valence-electron chi connectivity index (χ1n) is 6.92. The first-order chi connectivity index (χ1) is 10.9. The predicted molar refractivity (Wildman–Crippen MR) is 82.7 cm³/mol. The Hall–Kier alpha value is -2.95. The minimum atomic E-state index is -0.415. The molecule has 0 saturated heterocycles. The average molecular weight is 316 g/mol. The molecule has 23 heavy (non-hydrogen) atoms. The molecule has 0 aliphatic carbocycles. The molecule has 0 saturated carbocycles. The topological polar surface area (TPSA) is 99.5 Å². The SMILES string of the molecule is CC(C)(C)COc1ccc(F)cc1NC=C(C#N)c1nn[nH]n1. The van der Waals surface area contributed by atoms with Gasteiger partial charge in [-0.25, -0.2) is 4.39 Å². The van der Waals surface area contributed by atoms with E-state index in [4.69, 9.17) is 10.00 Å². The van der Waals surface area contributed by atoms with Gasteiger partial charge in [0.25, 0.3) is 0 Å². The number of nitrogens with zero attached hydrogens (tertiary/aromatic N) is 4. The van der Waals surface area contributed by atoms with Crippen LogP contribution in [0.25, 0.3) is 5.57 Å². The second kappa shape index (κ2) is 6.87. The number of aromatic nitrogens is 4. The number of nitrogens with one attached hydrogen (secondary N) is 2. The molecule has 120 valence electrons. The van der Waals surface area contributed by atoms with Crippen molar-refractivity contribution in [2.24, 2.45) is 5.41 Å². The molecule has 0 bridgehead atoms. The maximum atomic E-state index is 13.5. The number of rotatable bonds is 5. The number of hydrogen-bond donors (Lipinski definition) is 2. The molecule has 2 rings (SSSR count). The predicted octanol–water partition coefficient (Wildman–Crippen LogP) is 2.74. The molecule has 1 aromatic carbocycles. The van der Waals surface area contributed by atoms with Gasteiger partial charge in [0, 0.05) is 12.3 Å². The third kappa shape index (κ3) is 4.78. The molecular formula is C15H17FN6O. The van der Waals surface area contributed by atoms with Crippen molar-refractivity contribution >= 4 is 11.3 Å². The zero-order chi connectivity index (χ0) is 16.9. The van der Waals surface area contributed by atoms with Crippen LogP contribution in [0.1, 0.15) is 26.6 Å². The summed E-state index contributed by atoms with van der Waals surface area (Å²) in [5.41, 5.74) is 0.527. The minimum absolute atomic E-state index is 0.0378. The molecule has 0 aliphatic rings. The van der Waals surface area contributed by atoms with Gasteiger partial charge < -0.3 is 10.1 Å². The van der Waals surface area contributed by atoms with Crippen molar-refractivity contribution in [1.29, 1.82) is 5.26 Å². The lowest BCUT2D eigenvalue weighted by atomic mass is 9.99. The standard InChI is InChI=1S/C15H17FN6O/c1-15(2,3)9-23-13-5-4-11(16)6-12(13)18-8-10(7-17)14-19-21-22-20-14/h4-6,8,18H,9H2,1-3H3,(H,19,20,21,22). The van der Waals surface area contributed by atoms with Gasteiger partial charge in [-0.05, 0) is 22.8 Å². The van der Waals surface area contributed by atoms with Gasteiger partial charge >= 0.3 is 0 Å². The summed E-state index contributed by atoms with van der Waals surface area (Å²) < 4.78 is 19.2. The fraction of sp³-hybridized carbons (Fsp3) is 0.333. The Labute approximate surface area is 133 Å². The van der Waals surface area contributed by atoms with Crippen LogP contribution in [0.3, 0.4) is 0 Å². The van der Waals surface area contributed by atoms with Crippen molar-refractivity contribution < 1.29 is 9.13 Å². The first kappa shape index (κ1) is 16.4. The zero-order valence-corrected chi connectivity index (χ0v) is 13.1. The van der Waals surface area contributed by atoms with E-state index in [9.17, 15) is 4.39 Å². The van der Waals surface area contributed by atoms with E-state index in [-0.39, 0.29) is 16.8 Å². The van der Waals surface area contributed by atoms with E-state index in [1.165, 1.54) is 24.4 Å². The number of ether oxygens (including phenoxy) is 1. The smallest absolute Gasteiger partial charge is 0.216 e. The van der Waals surface area contributed by atoms with Crippen LogP contribution in [0, 0.1) is 22.6 Å². The number of nitriles is 1. The quantitative estimate of drug-likeness (QED) is 0.823. The summed E-state index contributed by atoms with van der Waals surface area (Å²) in [5.74, 6) is 0.221. The third-order valence-corrected chi connectivity index (χ3v) is 2.68. The largest absolute Gasteiger partial charge is 0.491 e. The van der Waals surface area contributed by atoms with Crippen molar-refractivity contribution in [3.05, 3.63) is 36.0 Å². The Balaban J connectivity index is 2.21. The molecule has 7 nitrogen and oxygen atoms in total. The molecule has 0 unspecified atom stereocenters. The van der Waals surface area contributed by atoms with Crippen molar-refractivity contribution in [3.63, 3.8) is 0 Å². The Morgan fingerprint density at radius 1 is 1.48 bits per heavy atom. The van der Waals surface area contributed by atoms with E-state index >= 15 is 0 Å². The van der Waals surface area contributed by atoms with Gasteiger partial charge in [0.15, 0.2) is 0 Å². The van der Waals surface area contributed by atoms with Gasteiger partial charge in [-0.2, -0.15) is 10.5 Å². The molecule has 2 N–H and O–H groups in total. The van der Waals surface area contributed by atoms with Crippen LogP contribution in [-0.4, -0.2) is 27.2 Å². The number of allylic oxidation sites excluding steroid dienone is 1. The van der Waals surface area contributed by atoms with Gasteiger partial charge in [-0.15, -0.1) is 10.2 Å². The molecule has 0 amide bonds. The number of tetrazole rings is 1. The van der Waals surface area contributed by atoms with Crippen molar-refractivity contribution in [2.75, 3.05) is 11.9 Å². The lowest BCUT2D eigenvalue weighted by Gasteiger charge is -2.20. The zero-order valence-electron chi connectivity index (χ0n) is 13.1. The van der Waals surface area contributed by atoms with E-state index in [0.29, 0.717) is 18.0 Å². The van der Waals surface area contributed by atoms with Gasteiger partial charge in [0.05, 0.1) is 12.3 Å². The highest BCUT2D eigenvalue weighted by molar-refractivity contribution is 5.74. The van der Waals surface area contributed by atoms with Crippen LogP contribution in [0.15, 0.2) is 24.4 Å². The monoisotopic (exact) mass is 316 g/mol. The molecule has 2 aromatic rings. The van der Waals surface area contributed by atoms with Crippen molar-refractivity contribution in [1.82, 2.24) is 20.6 Å². The number of benzene rings is 1. The van der Waals surface area contributed by atoms with E-state index in [2.05, 4.69) is 25.9 Å². The summed E-state index contributed by atoms with van der Waals surface area (Å²) in [7, 11) is 0. The van der Waals surface area contributed by atoms with E-state index in [1.807, 2.05) is 26.8 Å². The summed E-state index contributed by atoms with van der Waals surface area (Å²) in [6, 6.07) is 6.09. The second-order valence-corrected chi connectivity index (χ2v) is 6.04. The number of anilines is 1. The van der Waals surface area contributed by atoms with Crippen LogP contribution in [0.4, 0.5) is 10.1 Å². The molecule has 8 heteroatoms. The number of hydrogen-bond acceptors (Lipinski definition) is 6. The van der Waals surface area contributed by atoms with Crippen molar-refractivity contribution in [2.45, 2.75) is 20.8 Å². The Bertz CT molecular complexity index is 727. The molecular weight excluding hydrogens is 299 g/mol. The summed E-state index contributed by atoms with van der Waals surface area (Å²) in [6.45, 7) is 6.57. The summed E-state index contributed by atoms with van der Waals surface area (Å²) in [6.07, 6.45) is 1.38. The Morgan fingerprint density at radius 2 is 2.26 bits per heavy atom. The summed E-state index contributed by atoms with van der Waals surface area (Å²) >= 11 is 0. The fourth-order valence-corrected chi connectivity index (χ4v) is 1.61. The van der Waals surface area contributed by atoms with Gasteiger partial charge in [-0.3, -0.25) is 0 Å². The first-order valence-corrected chi connectivity index (χ1v) is 6.92. The van der Waals surface area contributed by atoms with E-state index < -0.39 is 5.82 Å². The maximum Gasteiger partial charge on any atom is 0.216 e. The van der Waals surface area contributed by atoms with E-state index in [0.717, 1.165) is 0 Å². The van der Waals surface area contributed by atoms with Crippen LogP contribution < -0.4 is 10.1 Å². The molecule has 1 heterocycles. The number of H-pyrrole nitrogens is 1. The number of halogens is 1. The Kier molecular flexibility index (Phi) is 4.91. The van der Waals surface area contributed by atoms with Crippen LogP contribution >= 0.6 is 0 Å². The van der Waals surface area contributed by atoms with Crippen LogP contribution in [-0.2, 0) is 0 Å². The third-order valence-electron chi connectivity index (χ3n) is 2.68. The molecule has 0 aliphatic heterocycles. The Morgan fingerprint density at radius 3 is 2.87 bits per heavy atom.